The van der Waals surface area contributed by atoms with E-state index in [-0.39, 0.29) is 25.0 Å². The Kier molecular flexibility index (Phi) is 5.57. The maximum absolute atomic E-state index is 13.0. The van der Waals surface area contributed by atoms with Crippen LogP contribution < -0.4 is 0 Å². The summed E-state index contributed by atoms with van der Waals surface area (Å²) >= 11 is 0. The Labute approximate surface area is 126 Å². The SMILES string of the molecule is CC1(C)COC(CCOC(=O)C(F)(F)C(F)(F)C(F)(F)F)OC1. The minimum absolute atomic E-state index is 0.258. The molecular formula is C12H15F7O4. The fourth-order valence-electron chi connectivity index (χ4n) is 1.54. The van der Waals surface area contributed by atoms with Crippen LogP contribution >= 0.6 is 0 Å². The van der Waals surface area contributed by atoms with E-state index in [0.29, 0.717) is 0 Å². The van der Waals surface area contributed by atoms with Crippen LogP contribution in [-0.4, -0.2) is 50.1 Å². The van der Waals surface area contributed by atoms with Crippen molar-refractivity contribution in [2.24, 2.45) is 5.41 Å². The van der Waals surface area contributed by atoms with E-state index in [4.69, 9.17) is 9.47 Å². The lowest BCUT2D eigenvalue weighted by molar-refractivity contribution is -0.348. The summed E-state index contributed by atoms with van der Waals surface area (Å²) in [5, 5.41) is 0. The van der Waals surface area contributed by atoms with Crippen molar-refractivity contribution in [1.82, 2.24) is 0 Å². The molecule has 23 heavy (non-hydrogen) atoms. The molecular weight excluding hydrogens is 341 g/mol. The van der Waals surface area contributed by atoms with E-state index in [9.17, 15) is 35.5 Å². The Balaban J connectivity index is 2.50. The Morgan fingerprint density at radius 2 is 1.57 bits per heavy atom. The molecule has 1 saturated heterocycles. The topological polar surface area (TPSA) is 44.8 Å². The smallest absolute Gasteiger partial charge is 0.460 e. The van der Waals surface area contributed by atoms with Gasteiger partial charge < -0.3 is 14.2 Å². The highest BCUT2D eigenvalue weighted by Gasteiger charge is 2.77. The molecule has 0 N–H and O–H groups in total. The van der Waals surface area contributed by atoms with Crippen LogP contribution in [0.25, 0.3) is 0 Å². The van der Waals surface area contributed by atoms with Crippen LogP contribution in [0.5, 0.6) is 0 Å². The summed E-state index contributed by atoms with van der Waals surface area (Å²) in [6.45, 7) is 3.31. The van der Waals surface area contributed by atoms with Crippen molar-refractivity contribution in [3.8, 4) is 0 Å². The normalized spacial score (nSPS) is 20.4. The fraction of sp³-hybridized carbons (Fsp3) is 0.917. The van der Waals surface area contributed by atoms with Gasteiger partial charge in [0, 0.05) is 11.8 Å². The summed E-state index contributed by atoms with van der Waals surface area (Å²) in [6, 6.07) is 0. The molecule has 1 heterocycles. The van der Waals surface area contributed by atoms with E-state index < -0.39 is 36.9 Å². The van der Waals surface area contributed by atoms with Gasteiger partial charge >= 0.3 is 24.0 Å². The number of esters is 1. The Morgan fingerprint density at radius 3 is 2.00 bits per heavy atom. The van der Waals surface area contributed by atoms with Gasteiger partial charge in [0.25, 0.3) is 0 Å². The fourth-order valence-corrected chi connectivity index (χ4v) is 1.54. The lowest BCUT2D eigenvalue weighted by atomic mass is 9.95. The second kappa shape index (κ2) is 6.42. The molecule has 0 saturated carbocycles. The first-order valence-corrected chi connectivity index (χ1v) is 6.43. The van der Waals surface area contributed by atoms with Crippen molar-refractivity contribution in [3.05, 3.63) is 0 Å². The summed E-state index contributed by atoms with van der Waals surface area (Å²) in [4.78, 5) is 10.9. The molecule has 0 spiro atoms. The molecule has 0 aromatic heterocycles. The zero-order valence-corrected chi connectivity index (χ0v) is 12.2. The largest absolute Gasteiger partial charge is 0.461 e. The molecule has 0 bridgehead atoms. The number of halogens is 7. The molecule has 4 nitrogen and oxygen atoms in total. The maximum atomic E-state index is 13.0. The highest BCUT2D eigenvalue weighted by atomic mass is 19.4. The molecule has 0 atom stereocenters. The predicted octanol–water partition coefficient (Wildman–Crippen LogP) is 3.15. The summed E-state index contributed by atoms with van der Waals surface area (Å²) in [5.74, 6) is -15.5. The Bertz CT molecular complexity index is 424. The standard InChI is InChI=1S/C12H15F7O4/c1-9(2)5-22-7(23-6-9)3-4-21-8(20)10(13,14)11(15,16)12(17,18)19/h7H,3-6H2,1-2H3. The van der Waals surface area contributed by atoms with Gasteiger partial charge in [-0.15, -0.1) is 0 Å². The number of hydrogen-bond acceptors (Lipinski definition) is 4. The molecule has 1 aliphatic rings. The van der Waals surface area contributed by atoms with Crippen molar-refractivity contribution >= 4 is 5.97 Å². The summed E-state index contributed by atoms with van der Waals surface area (Å²) in [7, 11) is 0. The molecule has 136 valence electrons. The van der Waals surface area contributed by atoms with Gasteiger partial charge in [-0.2, -0.15) is 30.7 Å². The molecule has 0 aromatic carbocycles. The van der Waals surface area contributed by atoms with Gasteiger partial charge in [-0.3, -0.25) is 0 Å². The van der Waals surface area contributed by atoms with Crippen LogP contribution in [0.15, 0.2) is 0 Å². The zero-order chi connectivity index (χ0) is 18.1. The van der Waals surface area contributed by atoms with E-state index in [1.807, 2.05) is 13.8 Å². The third-order valence-corrected chi connectivity index (χ3v) is 2.91. The molecule has 0 aromatic rings. The van der Waals surface area contributed by atoms with Gasteiger partial charge in [0.15, 0.2) is 6.29 Å². The molecule has 0 radical (unpaired) electrons. The van der Waals surface area contributed by atoms with Crippen molar-refractivity contribution < 1.29 is 49.7 Å². The Morgan fingerprint density at radius 1 is 1.09 bits per heavy atom. The number of hydrogen-bond donors (Lipinski definition) is 0. The van der Waals surface area contributed by atoms with Gasteiger partial charge in [-0.05, 0) is 0 Å². The number of carbonyl (C=O) groups is 1. The molecule has 1 aliphatic heterocycles. The van der Waals surface area contributed by atoms with E-state index in [1.54, 1.807) is 0 Å². The van der Waals surface area contributed by atoms with Gasteiger partial charge in [0.2, 0.25) is 0 Å². The predicted molar refractivity (Wildman–Crippen MR) is 61.0 cm³/mol. The molecule has 1 rings (SSSR count). The average molecular weight is 356 g/mol. The number of carbonyl (C=O) groups excluding carboxylic acids is 1. The van der Waals surface area contributed by atoms with Crippen LogP contribution in [0.3, 0.4) is 0 Å². The van der Waals surface area contributed by atoms with Crippen LogP contribution in [0.1, 0.15) is 20.3 Å². The zero-order valence-electron chi connectivity index (χ0n) is 12.2. The summed E-state index contributed by atoms with van der Waals surface area (Å²) in [5.41, 5.74) is -0.283. The summed E-state index contributed by atoms with van der Waals surface area (Å²) < 4.78 is 101. The van der Waals surface area contributed by atoms with E-state index in [0.717, 1.165) is 0 Å². The lowest BCUT2D eigenvalue weighted by Crippen LogP contribution is -2.56. The van der Waals surface area contributed by atoms with Gasteiger partial charge in [-0.25, -0.2) is 4.79 Å². The second-order valence-corrected chi connectivity index (χ2v) is 5.79. The molecule has 0 aliphatic carbocycles. The molecule has 1 fully saturated rings. The molecule has 0 unspecified atom stereocenters. The third-order valence-electron chi connectivity index (χ3n) is 2.91. The first-order valence-electron chi connectivity index (χ1n) is 6.43. The number of alkyl halides is 7. The van der Waals surface area contributed by atoms with Crippen LogP contribution in [0.2, 0.25) is 0 Å². The lowest BCUT2D eigenvalue weighted by Gasteiger charge is -2.34. The van der Waals surface area contributed by atoms with Crippen molar-refractivity contribution in [2.45, 2.75) is 44.6 Å². The first-order chi connectivity index (χ1) is 10.2. The molecule has 0 amide bonds. The molecule has 11 heteroatoms. The monoisotopic (exact) mass is 356 g/mol. The van der Waals surface area contributed by atoms with Gasteiger partial charge in [-0.1, -0.05) is 13.8 Å². The Hall–Kier alpha value is -1.10. The highest BCUT2D eigenvalue weighted by molar-refractivity contribution is 5.79. The third kappa shape index (κ3) is 4.46. The van der Waals surface area contributed by atoms with Crippen molar-refractivity contribution in [3.63, 3.8) is 0 Å². The summed E-state index contributed by atoms with van der Waals surface area (Å²) in [6.07, 6.45) is -7.79. The van der Waals surface area contributed by atoms with E-state index >= 15 is 0 Å². The van der Waals surface area contributed by atoms with Crippen molar-refractivity contribution in [2.75, 3.05) is 19.8 Å². The van der Waals surface area contributed by atoms with Crippen LogP contribution in [0.4, 0.5) is 30.7 Å². The van der Waals surface area contributed by atoms with Crippen molar-refractivity contribution in [1.29, 1.82) is 0 Å². The first kappa shape index (κ1) is 19.9. The minimum atomic E-state index is -6.59. The van der Waals surface area contributed by atoms with E-state index in [2.05, 4.69) is 4.74 Å². The van der Waals surface area contributed by atoms with Gasteiger partial charge in [0.05, 0.1) is 19.8 Å². The minimum Gasteiger partial charge on any atom is -0.461 e. The quantitative estimate of drug-likeness (QED) is 0.561. The van der Waals surface area contributed by atoms with Crippen LogP contribution in [-0.2, 0) is 19.0 Å². The van der Waals surface area contributed by atoms with Crippen LogP contribution in [0, 0.1) is 5.41 Å². The maximum Gasteiger partial charge on any atom is 0.460 e. The average Bonchev–Trinajstić information content (AvgIpc) is 2.39. The second-order valence-electron chi connectivity index (χ2n) is 5.79. The number of rotatable bonds is 5. The number of ether oxygens (including phenoxy) is 3. The van der Waals surface area contributed by atoms with Gasteiger partial charge in [0.1, 0.15) is 0 Å². The highest BCUT2D eigenvalue weighted by Crippen LogP contribution is 2.47. The van der Waals surface area contributed by atoms with E-state index in [1.165, 1.54) is 0 Å².